The van der Waals surface area contributed by atoms with Gasteiger partial charge >= 0.3 is 6.03 Å². The fourth-order valence-corrected chi connectivity index (χ4v) is 3.50. The van der Waals surface area contributed by atoms with Crippen LogP contribution in [0.15, 0.2) is 0 Å². The summed E-state index contributed by atoms with van der Waals surface area (Å²) in [7, 11) is 1.69. The van der Waals surface area contributed by atoms with Crippen molar-refractivity contribution in [1.29, 1.82) is 0 Å². The Labute approximate surface area is 128 Å². The first kappa shape index (κ1) is 16.6. The SMILES string of the molecule is COCC[C@@H](C)NC(=O)NC1CCN(C2CCCC2)CC1. The molecule has 0 radical (unpaired) electrons. The number of methoxy groups -OCH3 is 1. The van der Waals surface area contributed by atoms with Gasteiger partial charge in [0.1, 0.15) is 0 Å². The second-order valence-electron chi connectivity index (χ2n) is 6.55. The number of hydrogen-bond donors (Lipinski definition) is 2. The molecule has 21 heavy (non-hydrogen) atoms. The molecule has 5 nitrogen and oxygen atoms in total. The van der Waals surface area contributed by atoms with Gasteiger partial charge in [0.2, 0.25) is 0 Å². The molecule has 122 valence electrons. The summed E-state index contributed by atoms with van der Waals surface area (Å²) in [5.74, 6) is 0. The van der Waals surface area contributed by atoms with Crippen molar-refractivity contribution in [2.45, 2.75) is 70.0 Å². The molecule has 5 heteroatoms. The van der Waals surface area contributed by atoms with Crippen LogP contribution >= 0.6 is 0 Å². The first-order valence-electron chi connectivity index (χ1n) is 8.49. The number of likely N-dealkylation sites (tertiary alicyclic amines) is 1. The Kier molecular flexibility index (Phi) is 6.77. The van der Waals surface area contributed by atoms with E-state index < -0.39 is 0 Å². The first-order chi connectivity index (χ1) is 10.2. The van der Waals surface area contributed by atoms with E-state index in [2.05, 4.69) is 15.5 Å². The number of piperidine rings is 1. The highest BCUT2D eigenvalue weighted by atomic mass is 16.5. The van der Waals surface area contributed by atoms with Crippen molar-refractivity contribution < 1.29 is 9.53 Å². The molecular formula is C16H31N3O2. The van der Waals surface area contributed by atoms with Crippen molar-refractivity contribution in [2.75, 3.05) is 26.8 Å². The third kappa shape index (κ3) is 5.47. The van der Waals surface area contributed by atoms with E-state index in [-0.39, 0.29) is 12.1 Å². The molecule has 1 saturated heterocycles. The zero-order valence-corrected chi connectivity index (χ0v) is 13.6. The molecule has 2 amide bonds. The summed E-state index contributed by atoms with van der Waals surface area (Å²) in [4.78, 5) is 14.6. The van der Waals surface area contributed by atoms with Crippen molar-refractivity contribution in [3.05, 3.63) is 0 Å². The third-order valence-electron chi connectivity index (χ3n) is 4.84. The number of ether oxygens (including phenoxy) is 1. The molecule has 1 aliphatic carbocycles. The Hall–Kier alpha value is -0.810. The summed E-state index contributed by atoms with van der Waals surface area (Å²) < 4.78 is 5.03. The molecular weight excluding hydrogens is 266 g/mol. The topological polar surface area (TPSA) is 53.6 Å². The minimum atomic E-state index is -0.0297. The van der Waals surface area contributed by atoms with Gasteiger partial charge in [-0.05, 0) is 39.0 Å². The van der Waals surface area contributed by atoms with Crippen LogP contribution in [0, 0.1) is 0 Å². The van der Waals surface area contributed by atoms with Gasteiger partial charge in [0.05, 0.1) is 0 Å². The monoisotopic (exact) mass is 297 g/mol. The zero-order valence-electron chi connectivity index (χ0n) is 13.6. The van der Waals surface area contributed by atoms with E-state index in [4.69, 9.17) is 4.74 Å². The molecule has 2 aliphatic rings. The van der Waals surface area contributed by atoms with Gasteiger partial charge in [-0.25, -0.2) is 4.79 Å². The average Bonchev–Trinajstić information content (AvgIpc) is 3.00. The van der Waals surface area contributed by atoms with E-state index in [1.54, 1.807) is 7.11 Å². The van der Waals surface area contributed by atoms with Crippen LogP contribution < -0.4 is 10.6 Å². The molecule has 1 aliphatic heterocycles. The number of carbonyl (C=O) groups is 1. The lowest BCUT2D eigenvalue weighted by Crippen LogP contribution is -2.51. The van der Waals surface area contributed by atoms with Crippen LogP contribution in [0.3, 0.4) is 0 Å². The highest BCUT2D eigenvalue weighted by Gasteiger charge is 2.27. The van der Waals surface area contributed by atoms with Gasteiger partial charge in [-0.2, -0.15) is 0 Å². The Bertz CT molecular complexity index is 311. The molecule has 0 spiro atoms. The molecule has 0 aromatic rings. The molecule has 0 unspecified atom stereocenters. The summed E-state index contributed by atoms with van der Waals surface area (Å²) in [6.07, 6.45) is 8.54. The van der Waals surface area contributed by atoms with Crippen LogP contribution in [0.2, 0.25) is 0 Å². The van der Waals surface area contributed by atoms with Crippen LogP contribution in [0.1, 0.15) is 51.9 Å². The van der Waals surface area contributed by atoms with Gasteiger partial charge in [0, 0.05) is 44.9 Å². The van der Waals surface area contributed by atoms with Crippen LogP contribution in [0.4, 0.5) is 4.79 Å². The Balaban J connectivity index is 1.62. The molecule has 0 aromatic carbocycles. The summed E-state index contributed by atoms with van der Waals surface area (Å²) in [6, 6.07) is 1.27. The van der Waals surface area contributed by atoms with Crippen molar-refractivity contribution in [1.82, 2.24) is 15.5 Å². The van der Waals surface area contributed by atoms with E-state index in [0.29, 0.717) is 12.6 Å². The quantitative estimate of drug-likeness (QED) is 0.789. The lowest BCUT2D eigenvalue weighted by atomic mass is 10.0. The number of nitrogens with zero attached hydrogens (tertiary/aromatic N) is 1. The highest BCUT2D eigenvalue weighted by Crippen LogP contribution is 2.26. The van der Waals surface area contributed by atoms with Crippen molar-refractivity contribution >= 4 is 6.03 Å². The minimum absolute atomic E-state index is 0.0297. The van der Waals surface area contributed by atoms with Gasteiger partial charge < -0.3 is 20.3 Å². The second-order valence-corrected chi connectivity index (χ2v) is 6.55. The molecule has 0 aromatic heterocycles. The summed E-state index contributed by atoms with van der Waals surface area (Å²) >= 11 is 0. The Morgan fingerprint density at radius 1 is 1.24 bits per heavy atom. The number of urea groups is 1. The van der Waals surface area contributed by atoms with Gasteiger partial charge in [-0.3, -0.25) is 0 Å². The number of hydrogen-bond acceptors (Lipinski definition) is 3. The molecule has 2 fully saturated rings. The summed E-state index contributed by atoms with van der Waals surface area (Å²) in [6.45, 7) is 4.96. The number of rotatable bonds is 6. The molecule has 1 heterocycles. The molecule has 1 atom stereocenters. The van der Waals surface area contributed by atoms with Crippen molar-refractivity contribution in [3.63, 3.8) is 0 Å². The molecule has 2 rings (SSSR count). The maximum atomic E-state index is 11.9. The zero-order chi connectivity index (χ0) is 15.1. The molecule has 1 saturated carbocycles. The van der Waals surface area contributed by atoms with Crippen LogP contribution in [0.5, 0.6) is 0 Å². The maximum Gasteiger partial charge on any atom is 0.315 e. The van der Waals surface area contributed by atoms with Crippen LogP contribution in [-0.2, 0) is 4.74 Å². The van der Waals surface area contributed by atoms with E-state index >= 15 is 0 Å². The number of amides is 2. The van der Waals surface area contributed by atoms with E-state index in [0.717, 1.165) is 38.4 Å². The summed E-state index contributed by atoms with van der Waals surface area (Å²) in [5.41, 5.74) is 0. The third-order valence-corrected chi connectivity index (χ3v) is 4.84. The van der Waals surface area contributed by atoms with Crippen LogP contribution in [-0.4, -0.2) is 55.9 Å². The van der Waals surface area contributed by atoms with Gasteiger partial charge in [0.25, 0.3) is 0 Å². The fourth-order valence-electron chi connectivity index (χ4n) is 3.50. The van der Waals surface area contributed by atoms with Crippen LogP contribution in [0.25, 0.3) is 0 Å². The van der Waals surface area contributed by atoms with E-state index in [1.165, 1.54) is 25.7 Å². The standard InChI is InChI=1S/C16H31N3O2/c1-13(9-12-21-2)17-16(20)18-14-7-10-19(11-8-14)15-5-3-4-6-15/h13-15H,3-12H2,1-2H3,(H2,17,18,20)/t13-/m1/s1. The predicted octanol–water partition coefficient (Wildman–Crippen LogP) is 2.12. The number of nitrogens with one attached hydrogen (secondary N) is 2. The van der Waals surface area contributed by atoms with Gasteiger partial charge in [0.15, 0.2) is 0 Å². The van der Waals surface area contributed by atoms with Crippen molar-refractivity contribution in [3.8, 4) is 0 Å². The second kappa shape index (κ2) is 8.59. The highest BCUT2D eigenvalue weighted by molar-refractivity contribution is 5.74. The van der Waals surface area contributed by atoms with E-state index in [9.17, 15) is 4.79 Å². The van der Waals surface area contributed by atoms with Gasteiger partial charge in [-0.15, -0.1) is 0 Å². The molecule has 0 bridgehead atoms. The number of carbonyl (C=O) groups excluding carboxylic acids is 1. The largest absolute Gasteiger partial charge is 0.385 e. The van der Waals surface area contributed by atoms with E-state index in [1.807, 2.05) is 6.92 Å². The normalized spacial score (nSPS) is 23.1. The fraction of sp³-hybridized carbons (Fsp3) is 0.938. The smallest absolute Gasteiger partial charge is 0.315 e. The lowest BCUT2D eigenvalue weighted by molar-refractivity contribution is 0.145. The lowest BCUT2D eigenvalue weighted by Gasteiger charge is -2.36. The summed E-state index contributed by atoms with van der Waals surface area (Å²) in [5, 5.41) is 6.10. The Morgan fingerprint density at radius 2 is 1.90 bits per heavy atom. The average molecular weight is 297 g/mol. The van der Waals surface area contributed by atoms with Crippen molar-refractivity contribution in [2.24, 2.45) is 0 Å². The van der Waals surface area contributed by atoms with Gasteiger partial charge in [-0.1, -0.05) is 12.8 Å². The molecule has 2 N–H and O–H groups in total. The maximum absolute atomic E-state index is 11.9. The Morgan fingerprint density at radius 3 is 2.52 bits per heavy atom. The predicted molar refractivity (Wildman–Crippen MR) is 84.5 cm³/mol. The minimum Gasteiger partial charge on any atom is -0.385 e. The first-order valence-corrected chi connectivity index (χ1v) is 8.49.